The van der Waals surface area contributed by atoms with E-state index in [1.54, 1.807) is 12.1 Å². The molecule has 3 rings (SSSR count). The van der Waals surface area contributed by atoms with Crippen LogP contribution >= 0.6 is 0 Å². The van der Waals surface area contributed by atoms with Gasteiger partial charge >= 0.3 is 0 Å². The molecule has 0 aromatic heterocycles. The first kappa shape index (κ1) is 18.5. The fraction of sp³-hybridized carbons (Fsp3) is 0.174. The van der Waals surface area contributed by atoms with Gasteiger partial charge in [-0.25, -0.2) is 0 Å². The van der Waals surface area contributed by atoms with Crippen LogP contribution in [-0.4, -0.2) is 18.1 Å². The first-order valence-corrected chi connectivity index (χ1v) is 8.90. The maximum atomic E-state index is 12.6. The van der Waals surface area contributed by atoms with Crippen LogP contribution in [0.15, 0.2) is 78.9 Å². The molecule has 0 aliphatic heterocycles. The summed E-state index contributed by atoms with van der Waals surface area (Å²) in [6.07, 6.45) is 0.357. The number of hydrogen-bond donors (Lipinski definition) is 2. The molecule has 4 nitrogen and oxygen atoms in total. The number of nitrogens with one attached hydrogen (secondary N) is 1. The monoisotopic (exact) mass is 361 g/mol. The molecule has 0 fully saturated rings. The van der Waals surface area contributed by atoms with Crippen molar-refractivity contribution >= 4 is 5.91 Å². The summed E-state index contributed by atoms with van der Waals surface area (Å²) in [4.78, 5) is 12.6. The molecule has 0 atom stereocenters. The number of carbonyl (C=O) groups excluding carboxylic acids is 1. The molecular weight excluding hydrogens is 338 g/mol. The van der Waals surface area contributed by atoms with Crippen molar-refractivity contribution in [1.82, 2.24) is 5.32 Å². The third kappa shape index (κ3) is 4.88. The van der Waals surface area contributed by atoms with Crippen LogP contribution in [0.5, 0.6) is 11.5 Å². The van der Waals surface area contributed by atoms with Gasteiger partial charge in [0.25, 0.3) is 0 Å². The van der Waals surface area contributed by atoms with Gasteiger partial charge in [-0.05, 0) is 28.8 Å². The van der Waals surface area contributed by atoms with Gasteiger partial charge in [-0.1, -0.05) is 66.7 Å². The standard InChI is InChI=1S/C23H23NO3/c1-27-22-13-12-17(14-21(22)25)16-24-23(26)15-20(18-8-4-2-5-9-18)19-10-6-3-7-11-19/h2-14,20,25H,15-16H2,1H3,(H,24,26). The summed E-state index contributed by atoms with van der Waals surface area (Å²) in [5.74, 6) is 0.439. The highest BCUT2D eigenvalue weighted by molar-refractivity contribution is 5.77. The van der Waals surface area contributed by atoms with Crippen LogP contribution in [0.2, 0.25) is 0 Å². The number of rotatable bonds is 7. The minimum absolute atomic E-state index is 0.00308. The molecule has 3 aromatic rings. The van der Waals surface area contributed by atoms with E-state index in [-0.39, 0.29) is 17.6 Å². The second kappa shape index (κ2) is 8.90. The molecule has 0 aliphatic carbocycles. The third-order valence-electron chi connectivity index (χ3n) is 4.53. The summed E-state index contributed by atoms with van der Waals surface area (Å²) in [7, 11) is 1.50. The summed E-state index contributed by atoms with van der Waals surface area (Å²) in [6, 6.07) is 25.2. The van der Waals surface area contributed by atoms with Crippen molar-refractivity contribution < 1.29 is 14.6 Å². The molecule has 138 valence electrons. The Labute approximate surface area is 159 Å². The Morgan fingerprint density at radius 2 is 1.56 bits per heavy atom. The molecule has 2 N–H and O–H groups in total. The highest BCUT2D eigenvalue weighted by atomic mass is 16.5. The van der Waals surface area contributed by atoms with Gasteiger partial charge < -0.3 is 15.2 Å². The highest BCUT2D eigenvalue weighted by Gasteiger charge is 2.18. The van der Waals surface area contributed by atoms with Crippen molar-refractivity contribution in [3.8, 4) is 11.5 Å². The Morgan fingerprint density at radius 1 is 0.963 bits per heavy atom. The number of carbonyl (C=O) groups is 1. The lowest BCUT2D eigenvalue weighted by atomic mass is 9.88. The minimum Gasteiger partial charge on any atom is -0.504 e. The van der Waals surface area contributed by atoms with E-state index < -0.39 is 0 Å². The van der Waals surface area contributed by atoms with Crippen LogP contribution in [0.3, 0.4) is 0 Å². The third-order valence-corrected chi connectivity index (χ3v) is 4.53. The van der Waals surface area contributed by atoms with Crippen molar-refractivity contribution in [2.75, 3.05) is 7.11 Å². The van der Waals surface area contributed by atoms with Crippen molar-refractivity contribution in [3.63, 3.8) is 0 Å². The number of methoxy groups -OCH3 is 1. The quantitative estimate of drug-likeness (QED) is 0.662. The molecule has 0 unspecified atom stereocenters. The van der Waals surface area contributed by atoms with E-state index in [0.717, 1.165) is 16.7 Å². The summed E-state index contributed by atoms with van der Waals surface area (Å²) in [5, 5.41) is 12.8. The van der Waals surface area contributed by atoms with Crippen molar-refractivity contribution in [2.45, 2.75) is 18.9 Å². The Kier molecular flexibility index (Phi) is 6.10. The van der Waals surface area contributed by atoms with Gasteiger partial charge in [-0.15, -0.1) is 0 Å². The average Bonchev–Trinajstić information content (AvgIpc) is 2.72. The average molecular weight is 361 g/mol. The van der Waals surface area contributed by atoms with E-state index in [4.69, 9.17) is 4.74 Å². The van der Waals surface area contributed by atoms with Crippen LogP contribution in [0.1, 0.15) is 29.0 Å². The van der Waals surface area contributed by atoms with Crippen LogP contribution < -0.4 is 10.1 Å². The number of benzene rings is 3. The lowest BCUT2D eigenvalue weighted by Gasteiger charge is -2.18. The second-order valence-corrected chi connectivity index (χ2v) is 6.36. The Morgan fingerprint density at radius 3 is 2.07 bits per heavy atom. The molecule has 27 heavy (non-hydrogen) atoms. The Bertz CT molecular complexity index is 839. The van der Waals surface area contributed by atoms with Gasteiger partial charge in [-0.3, -0.25) is 4.79 Å². The number of ether oxygens (including phenoxy) is 1. The lowest BCUT2D eigenvalue weighted by molar-refractivity contribution is -0.121. The summed E-state index contributed by atoms with van der Waals surface area (Å²) < 4.78 is 5.04. The molecule has 4 heteroatoms. The molecular formula is C23H23NO3. The largest absolute Gasteiger partial charge is 0.504 e. The number of phenolic OH excluding ortho intramolecular Hbond substituents is 1. The van der Waals surface area contributed by atoms with Crippen molar-refractivity contribution in [2.24, 2.45) is 0 Å². The molecule has 3 aromatic carbocycles. The van der Waals surface area contributed by atoms with Crippen molar-refractivity contribution in [3.05, 3.63) is 95.6 Å². The molecule has 0 radical (unpaired) electrons. The normalized spacial score (nSPS) is 10.6. The number of phenols is 1. The van der Waals surface area contributed by atoms with Crippen LogP contribution in [-0.2, 0) is 11.3 Å². The van der Waals surface area contributed by atoms with Gasteiger partial charge in [0.1, 0.15) is 0 Å². The predicted molar refractivity (Wildman–Crippen MR) is 106 cm³/mol. The summed E-state index contributed by atoms with van der Waals surface area (Å²) in [6.45, 7) is 0.354. The van der Waals surface area contributed by atoms with Crippen LogP contribution in [0.25, 0.3) is 0 Å². The minimum atomic E-state index is -0.0389. The molecule has 0 bridgehead atoms. The molecule has 0 saturated heterocycles. The summed E-state index contributed by atoms with van der Waals surface area (Å²) in [5.41, 5.74) is 3.04. The van der Waals surface area contributed by atoms with Crippen LogP contribution in [0, 0.1) is 0 Å². The number of hydrogen-bond acceptors (Lipinski definition) is 3. The Hall–Kier alpha value is -3.27. The van der Waals surface area contributed by atoms with E-state index in [1.165, 1.54) is 7.11 Å². The van der Waals surface area contributed by atoms with Gasteiger partial charge in [0.05, 0.1) is 7.11 Å². The molecule has 0 spiro atoms. The van der Waals surface area contributed by atoms with Gasteiger partial charge in [0.15, 0.2) is 11.5 Å². The first-order chi connectivity index (χ1) is 13.2. The van der Waals surface area contributed by atoms with Gasteiger partial charge in [0.2, 0.25) is 5.91 Å². The van der Waals surface area contributed by atoms with E-state index in [1.807, 2.05) is 66.7 Å². The smallest absolute Gasteiger partial charge is 0.221 e. The van der Waals surface area contributed by atoms with Crippen molar-refractivity contribution in [1.29, 1.82) is 0 Å². The topological polar surface area (TPSA) is 58.6 Å². The molecule has 0 heterocycles. The summed E-state index contributed by atoms with van der Waals surface area (Å²) >= 11 is 0. The zero-order chi connectivity index (χ0) is 19.1. The fourth-order valence-electron chi connectivity index (χ4n) is 3.10. The fourth-order valence-corrected chi connectivity index (χ4v) is 3.10. The van der Waals surface area contributed by atoms with Gasteiger partial charge in [0, 0.05) is 18.9 Å². The molecule has 0 saturated carbocycles. The lowest BCUT2D eigenvalue weighted by Crippen LogP contribution is -2.25. The number of amides is 1. The molecule has 1 amide bonds. The van der Waals surface area contributed by atoms with E-state index in [9.17, 15) is 9.90 Å². The second-order valence-electron chi connectivity index (χ2n) is 6.36. The predicted octanol–water partition coefficient (Wildman–Crippen LogP) is 4.24. The van der Waals surface area contributed by atoms with E-state index >= 15 is 0 Å². The van der Waals surface area contributed by atoms with Gasteiger partial charge in [-0.2, -0.15) is 0 Å². The van der Waals surface area contributed by atoms with E-state index in [2.05, 4.69) is 5.32 Å². The first-order valence-electron chi connectivity index (χ1n) is 8.90. The number of aromatic hydroxyl groups is 1. The SMILES string of the molecule is COc1ccc(CNC(=O)CC(c2ccccc2)c2ccccc2)cc1O. The molecule has 0 aliphatic rings. The van der Waals surface area contributed by atoms with E-state index in [0.29, 0.717) is 18.7 Å². The maximum Gasteiger partial charge on any atom is 0.221 e. The van der Waals surface area contributed by atoms with Crippen LogP contribution in [0.4, 0.5) is 0 Å². The Balaban J connectivity index is 1.69. The maximum absolute atomic E-state index is 12.6. The zero-order valence-electron chi connectivity index (χ0n) is 15.3. The highest BCUT2D eigenvalue weighted by Crippen LogP contribution is 2.28. The zero-order valence-corrected chi connectivity index (χ0v) is 15.3.